The molecule has 0 aromatic heterocycles. The Morgan fingerprint density at radius 1 is 1.00 bits per heavy atom. The molecule has 0 spiro atoms. The second kappa shape index (κ2) is 8.37. The van der Waals surface area contributed by atoms with Gasteiger partial charge in [0.2, 0.25) is 11.8 Å². The Morgan fingerprint density at radius 3 is 2.20 bits per heavy atom. The van der Waals surface area contributed by atoms with E-state index in [1.807, 2.05) is 34.1 Å². The van der Waals surface area contributed by atoms with E-state index >= 15 is 0 Å². The highest BCUT2D eigenvalue weighted by Crippen LogP contribution is 2.21. The van der Waals surface area contributed by atoms with Gasteiger partial charge in [0, 0.05) is 38.2 Å². The van der Waals surface area contributed by atoms with Gasteiger partial charge in [-0.05, 0) is 17.9 Å². The van der Waals surface area contributed by atoms with Gasteiger partial charge in [-0.3, -0.25) is 9.59 Å². The van der Waals surface area contributed by atoms with Crippen LogP contribution in [-0.2, 0) is 16.0 Å². The zero-order valence-corrected chi connectivity index (χ0v) is 15.9. The molecule has 1 saturated heterocycles. The van der Waals surface area contributed by atoms with E-state index < -0.39 is 0 Å². The van der Waals surface area contributed by atoms with Gasteiger partial charge in [-0.15, -0.1) is 0 Å². The summed E-state index contributed by atoms with van der Waals surface area (Å²) in [5.74, 6) is 1.02. The number of amides is 2. The van der Waals surface area contributed by atoms with Crippen LogP contribution in [0.1, 0.15) is 39.2 Å². The lowest BCUT2D eigenvalue weighted by Crippen LogP contribution is -2.38. The predicted molar refractivity (Wildman–Crippen MR) is 98.5 cm³/mol. The minimum absolute atomic E-state index is 0.0112. The average molecular weight is 346 g/mol. The van der Waals surface area contributed by atoms with E-state index in [2.05, 4.69) is 20.8 Å². The Hall–Kier alpha value is -2.04. The summed E-state index contributed by atoms with van der Waals surface area (Å²) in [5, 5.41) is 0. The lowest BCUT2D eigenvalue weighted by molar-refractivity contribution is -0.134. The molecule has 0 unspecified atom stereocenters. The lowest BCUT2D eigenvalue weighted by Gasteiger charge is -2.26. The molecule has 0 atom stereocenters. The van der Waals surface area contributed by atoms with Crippen LogP contribution in [0.2, 0.25) is 0 Å². The molecule has 0 radical (unpaired) electrons. The van der Waals surface area contributed by atoms with Gasteiger partial charge in [-0.25, -0.2) is 0 Å². The number of para-hydroxylation sites is 1. The molecule has 1 aliphatic heterocycles. The molecule has 2 amide bonds. The molecule has 0 bridgehead atoms. The summed E-state index contributed by atoms with van der Waals surface area (Å²) in [6.07, 6.45) is 1.70. The zero-order valence-electron chi connectivity index (χ0n) is 15.9. The van der Waals surface area contributed by atoms with Gasteiger partial charge < -0.3 is 14.5 Å². The third kappa shape index (κ3) is 5.76. The number of carbonyl (C=O) groups excluding carboxylic acids is 2. The molecule has 0 saturated carbocycles. The maximum absolute atomic E-state index is 12.7. The first-order valence-corrected chi connectivity index (χ1v) is 8.97. The highest BCUT2D eigenvalue weighted by Gasteiger charge is 2.25. The van der Waals surface area contributed by atoms with Gasteiger partial charge in [-0.1, -0.05) is 39.0 Å². The van der Waals surface area contributed by atoms with Crippen LogP contribution in [0, 0.1) is 5.41 Å². The fourth-order valence-electron chi connectivity index (χ4n) is 3.11. The molecule has 25 heavy (non-hydrogen) atoms. The minimum atomic E-state index is -0.0112. The van der Waals surface area contributed by atoms with Crippen molar-refractivity contribution in [2.45, 2.75) is 40.0 Å². The Morgan fingerprint density at radius 2 is 1.60 bits per heavy atom. The smallest absolute Gasteiger partial charge is 0.227 e. The van der Waals surface area contributed by atoms with Crippen molar-refractivity contribution in [1.29, 1.82) is 0 Å². The first kappa shape index (κ1) is 19.3. The number of benzene rings is 1. The second-order valence-corrected chi connectivity index (χ2v) is 7.84. The average Bonchev–Trinajstić information content (AvgIpc) is 2.80. The summed E-state index contributed by atoms with van der Waals surface area (Å²) in [6, 6.07) is 7.61. The predicted octanol–water partition coefficient (Wildman–Crippen LogP) is 2.73. The van der Waals surface area contributed by atoms with Crippen molar-refractivity contribution in [3.8, 4) is 5.75 Å². The fourth-order valence-corrected chi connectivity index (χ4v) is 3.11. The molecule has 2 rings (SSSR count). The molecule has 1 aromatic carbocycles. The number of carbonyl (C=O) groups is 2. The van der Waals surface area contributed by atoms with Crippen molar-refractivity contribution < 1.29 is 14.3 Å². The summed E-state index contributed by atoms with van der Waals surface area (Å²) in [5.41, 5.74) is 0.892. The van der Waals surface area contributed by atoms with E-state index in [9.17, 15) is 9.59 Å². The van der Waals surface area contributed by atoms with Gasteiger partial charge in [0.1, 0.15) is 5.75 Å². The SMILES string of the molecule is COc1ccccc1CC(=O)N1CCCN(C(=O)CC(C)(C)C)CC1. The summed E-state index contributed by atoms with van der Waals surface area (Å²) >= 11 is 0. The number of methoxy groups -OCH3 is 1. The van der Waals surface area contributed by atoms with Crippen LogP contribution in [0.4, 0.5) is 0 Å². The molecule has 1 aliphatic rings. The minimum Gasteiger partial charge on any atom is -0.496 e. The van der Waals surface area contributed by atoms with E-state index in [1.165, 1.54) is 0 Å². The Bertz CT molecular complexity index is 607. The second-order valence-electron chi connectivity index (χ2n) is 7.84. The van der Waals surface area contributed by atoms with Crippen LogP contribution in [-0.4, -0.2) is 54.9 Å². The molecule has 138 valence electrons. The number of hydrogen-bond donors (Lipinski definition) is 0. The van der Waals surface area contributed by atoms with Crippen LogP contribution in [0.5, 0.6) is 5.75 Å². The van der Waals surface area contributed by atoms with Crippen LogP contribution in [0.25, 0.3) is 0 Å². The summed E-state index contributed by atoms with van der Waals surface area (Å²) in [4.78, 5) is 28.9. The summed E-state index contributed by atoms with van der Waals surface area (Å²) in [7, 11) is 1.62. The number of rotatable bonds is 4. The first-order chi connectivity index (χ1) is 11.8. The fraction of sp³-hybridized carbons (Fsp3) is 0.600. The largest absolute Gasteiger partial charge is 0.496 e. The maximum Gasteiger partial charge on any atom is 0.227 e. The van der Waals surface area contributed by atoms with Crippen LogP contribution in [0.3, 0.4) is 0 Å². The van der Waals surface area contributed by atoms with Gasteiger partial charge in [0.05, 0.1) is 13.5 Å². The molecular formula is C20H30N2O3. The van der Waals surface area contributed by atoms with Gasteiger partial charge in [0.15, 0.2) is 0 Å². The van der Waals surface area contributed by atoms with E-state index in [-0.39, 0.29) is 17.2 Å². The van der Waals surface area contributed by atoms with Crippen LogP contribution in [0.15, 0.2) is 24.3 Å². The normalized spacial score (nSPS) is 15.7. The molecule has 0 aliphatic carbocycles. The van der Waals surface area contributed by atoms with Crippen LogP contribution < -0.4 is 4.74 Å². The number of hydrogen-bond acceptors (Lipinski definition) is 3. The topological polar surface area (TPSA) is 49.9 Å². The van der Waals surface area contributed by atoms with Crippen LogP contribution >= 0.6 is 0 Å². The molecule has 5 heteroatoms. The quantitative estimate of drug-likeness (QED) is 0.842. The summed E-state index contributed by atoms with van der Waals surface area (Å²) < 4.78 is 5.33. The molecule has 1 fully saturated rings. The third-order valence-corrected chi connectivity index (χ3v) is 4.42. The molecular weight excluding hydrogens is 316 g/mol. The third-order valence-electron chi connectivity index (χ3n) is 4.42. The first-order valence-electron chi connectivity index (χ1n) is 8.97. The van der Waals surface area contributed by atoms with E-state index in [1.54, 1.807) is 7.11 Å². The molecule has 1 heterocycles. The monoisotopic (exact) mass is 346 g/mol. The van der Waals surface area contributed by atoms with E-state index in [4.69, 9.17) is 4.74 Å². The zero-order chi connectivity index (χ0) is 18.4. The standard InChI is InChI=1S/C20H30N2O3/c1-20(2,3)15-19(24)22-11-7-10-21(12-13-22)18(23)14-16-8-5-6-9-17(16)25-4/h5-6,8-9H,7,10-15H2,1-4H3. The van der Waals surface area contributed by atoms with Gasteiger partial charge >= 0.3 is 0 Å². The number of nitrogens with zero attached hydrogens (tertiary/aromatic N) is 2. The van der Waals surface area contributed by atoms with E-state index in [0.29, 0.717) is 32.5 Å². The van der Waals surface area contributed by atoms with E-state index in [0.717, 1.165) is 24.3 Å². The van der Waals surface area contributed by atoms with Crippen molar-refractivity contribution in [1.82, 2.24) is 9.80 Å². The maximum atomic E-state index is 12.7. The van der Waals surface area contributed by atoms with Gasteiger partial charge in [-0.2, -0.15) is 0 Å². The molecule has 5 nitrogen and oxygen atoms in total. The van der Waals surface area contributed by atoms with Gasteiger partial charge in [0.25, 0.3) is 0 Å². The van der Waals surface area contributed by atoms with Crippen molar-refractivity contribution in [3.05, 3.63) is 29.8 Å². The van der Waals surface area contributed by atoms with Crippen molar-refractivity contribution in [2.24, 2.45) is 5.41 Å². The highest BCUT2D eigenvalue weighted by molar-refractivity contribution is 5.80. The highest BCUT2D eigenvalue weighted by atomic mass is 16.5. The van der Waals surface area contributed by atoms with Crippen molar-refractivity contribution in [2.75, 3.05) is 33.3 Å². The van der Waals surface area contributed by atoms with Crippen molar-refractivity contribution in [3.63, 3.8) is 0 Å². The molecule has 1 aromatic rings. The Balaban J connectivity index is 1.94. The van der Waals surface area contributed by atoms with Crippen molar-refractivity contribution >= 4 is 11.8 Å². The Kier molecular flexibility index (Phi) is 6.45. The Labute approximate surface area is 150 Å². The lowest BCUT2D eigenvalue weighted by atomic mass is 9.91. The summed E-state index contributed by atoms with van der Waals surface area (Å²) in [6.45, 7) is 8.88. The number of ether oxygens (including phenoxy) is 1. The molecule has 0 N–H and O–H groups in total.